The molecule has 106 valence electrons. The van der Waals surface area contributed by atoms with Crippen LogP contribution in [0.3, 0.4) is 0 Å². The maximum atomic E-state index is 12.0. The third-order valence-corrected chi connectivity index (χ3v) is 3.60. The number of rotatable bonds is 3. The average molecular weight is 280 g/mol. The average Bonchev–Trinajstić information content (AvgIpc) is 2.52. The van der Waals surface area contributed by atoms with Crippen molar-refractivity contribution in [2.24, 2.45) is 0 Å². The van der Waals surface area contributed by atoms with Crippen LogP contribution in [0.15, 0.2) is 54.6 Å². The number of aliphatic hydroxyl groups is 1. The highest BCUT2D eigenvalue weighted by atomic mass is 16.5. The number of carbonyl (C=O) groups excluding carboxylic acids is 1. The van der Waals surface area contributed by atoms with E-state index in [4.69, 9.17) is 4.74 Å². The molecule has 3 nitrogen and oxygen atoms in total. The van der Waals surface area contributed by atoms with Crippen LogP contribution in [0.5, 0.6) is 0 Å². The van der Waals surface area contributed by atoms with Gasteiger partial charge in [0.2, 0.25) is 0 Å². The monoisotopic (exact) mass is 280 g/mol. The number of benzene rings is 3. The van der Waals surface area contributed by atoms with Gasteiger partial charge >= 0.3 is 5.97 Å². The number of hydrogen-bond acceptors (Lipinski definition) is 3. The van der Waals surface area contributed by atoms with E-state index >= 15 is 0 Å². The first kappa shape index (κ1) is 13.6. The molecule has 1 atom stereocenters. The van der Waals surface area contributed by atoms with Gasteiger partial charge in [-0.05, 0) is 34.5 Å². The van der Waals surface area contributed by atoms with Gasteiger partial charge < -0.3 is 9.84 Å². The highest BCUT2D eigenvalue weighted by Crippen LogP contribution is 2.33. The smallest absolute Gasteiger partial charge is 0.339 e. The molecule has 0 aliphatic carbocycles. The lowest BCUT2D eigenvalue weighted by atomic mass is 9.93. The standard InChI is InChI=1S/C18H16O3/c1-2-21-18(20)17(19)16-14-9-5-3-7-12(14)11-13-8-4-6-10-15(13)16/h3-11,17,19H,2H2,1H3/t17-/m1/s1. The fourth-order valence-electron chi connectivity index (χ4n) is 2.68. The Bertz CT molecular complexity index is 754. The number of carbonyl (C=O) groups is 1. The Morgan fingerprint density at radius 1 is 1.05 bits per heavy atom. The summed E-state index contributed by atoms with van der Waals surface area (Å²) in [4.78, 5) is 12.0. The summed E-state index contributed by atoms with van der Waals surface area (Å²) in [6.07, 6.45) is -1.28. The molecule has 0 unspecified atom stereocenters. The molecule has 0 saturated carbocycles. The van der Waals surface area contributed by atoms with Crippen molar-refractivity contribution in [3.63, 3.8) is 0 Å². The molecule has 0 spiro atoms. The highest BCUT2D eigenvalue weighted by molar-refractivity contribution is 6.04. The maximum absolute atomic E-state index is 12.0. The molecule has 0 amide bonds. The van der Waals surface area contributed by atoms with Crippen molar-refractivity contribution in [2.45, 2.75) is 13.0 Å². The first-order valence-corrected chi connectivity index (χ1v) is 6.97. The van der Waals surface area contributed by atoms with Gasteiger partial charge in [-0.2, -0.15) is 0 Å². The van der Waals surface area contributed by atoms with Crippen LogP contribution in [-0.4, -0.2) is 17.7 Å². The molecule has 0 radical (unpaired) electrons. The van der Waals surface area contributed by atoms with E-state index in [1.807, 2.05) is 48.5 Å². The van der Waals surface area contributed by atoms with Crippen LogP contribution in [0, 0.1) is 0 Å². The van der Waals surface area contributed by atoms with Crippen molar-refractivity contribution in [3.8, 4) is 0 Å². The molecular weight excluding hydrogens is 264 g/mol. The van der Waals surface area contributed by atoms with Gasteiger partial charge in [-0.25, -0.2) is 4.79 Å². The maximum Gasteiger partial charge on any atom is 0.339 e. The first-order chi connectivity index (χ1) is 10.2. The predicted molar refractivity (Wildman–Crippen MR) is 83.0 cm³/mol. The number of aliphatic hydroxyl groups excluding tert-OH is 1. The van der Waals surface area contributed by atoms with Crippen molar-refractivity contribution in [2.75, 3.05) is 6.61 Å². The minimum absolute atomic E-state index is 0.249. The Kier molecular flexibility index (Phi) is 3.59. The Balaban J connectivity index is 2.32. The van der Waals surface area contributed by atoms with Gasteiger partial charge in [0.15, 0.2) is 6.10 Å². The summed E-state index contributed by atoms with van der Waals surface area (Å²) in [6, 6.07) is 17.5. The lowest BCUT2D eigenvalue weighted by Crippen LogP contribution is -2.16. The van der Waals surface area contributed by atoms with Crippen molar-refractivity contribution in [3.05, 3.63) is 60.2 Å². The van der Waals surface area contributed by atoms with Crippen molar-refractivity contribution < 1.29 is 14.6 Å². The van der Waals surface area contributed by atoms with Gasteiger partial charge in [-0.15, -0.1) is 0 Å². The molecule has 21 heavy (non-hydrogen) atoms. The zero-order chi connectivity index (χ0) is 14.8. The molecule has 0 aromatic heterocycles. The lowest BCUT2D eigenvalue weighted by Gasteiger charge is -2.16. The van der Waals surface area contributed by atoms with E-state index in [-0.39, 0.29) is 6.61 Å². The third kappa shape index (κ3) is 2.36. The zero-order valence-electron chi connectivity index (χ0n) is 11.7. The molecule has 0 aliphatic heterocycles. The van der Waals surface area contributed by atoms with E-state index in [1.165, 1.54) is 0 Å². The molecule has 0 heterocycles. The summed E-state index contributed by atoms with van der Waals surface area (Å²) in [5, 5.41) is 14.2. The topological polar surface area (TPSA) is 46.5 Å². The molecule has 3 rings (SSSR count). The number of hydrogen-bond donors (Lipinski definition) is 1. The summed E-state index contributed by atoms with van der Waals surface area (Å²) in [5.74, 6) is -0.612. The van der Waals surface area contributed by atoms with E-state index < -0.39 is 12.1 Å². The summed E-state index contributed by atoms with van der Waals surface area (Å²) in [6.45, 7) is 1.98. The van der Waals surface area contributed by atoms with Crippen LogP contribution in [0.25, 0.3) is 21.5 Å². The van der Waals surface area contributed by atoms with Gasteiger partial charge in [0.25, 0.3) is 0 Å². The molecule has 0 saturated heterocycles. The van der Waals surface area contributed by atoms with Gasteiger partial charge in [0.1, 0.15) is 0 Å². The fraction of sp³-hybridized carbons (Fsp3) is 0.167. The second kappa shape index (κ2) is 5.54. The van der Waals surface area contributed by atoms with E-state index in [0.29, 0.717) is 5.56 Å². The lowest BCUT2D eigenvalue weighted by molar-refractivity contribution is -0.153. The minimum Gasteiger partial charge on any atom is -0.464 e. The first-order valence-electron chi connectivity index (χ1n) is 6.97. The molecule has 0 aliphatic rings. The van der Waals surface area contributed by atoms with Crippen LogP contribution in [-0.2, 0) is 9.53 Å². The Morgan fingerprint density at radius 2 is 1.57 bits per heavy atom. The normalized spacial score (nSPS) is 12.5. The summed E-state index contributed by atoms with van der Waals surface area (Å²) >= 11 is 0. The summed E-state index contributed by atoms with van der Waals surface area (Å²) in [7, 11) is 0. The highest BCUT2D eigenvalue weighted by Gasteiger charge is 2.23. The number of esters is 1. The summed E-state index contributed by atoms with van der Waals surface area (Å²) in [5.41, 5.74) is 0.613. The van der Waals surface area contributed by atoms with Crippen molar-refractivity contribution in [1.29, 1.82) is 0 Å². The van der Waals surface area contributed by atoms with Gasteiger partial charge in [0.05, 0.1) is 6.61 Å². The molecule has 0 bridgehead atoms. The fourth-order valence-corrected chi connectivity index (χ4v) is 2.68. The van der Waals surface area contributed by atoms with Crippen molar-refractivity contribution >= 4 is 27.5 Å². The van der Waals surface area contributed by atoms with Crippen LogP contribution >= 0.6 is 0 Å². The molecule has 3 aromatic carbocycles. The van der Waals surface area contributed by atoms with Crippen LogP contribution in [0.1, 0.15) is 18.6 Å². The zero-order valence-corrected chi connectivity index (χ0v) is 11.7. The van der Waals surface area contributed by atoms with Gasteiger partial charge in [-0.1, -0.05) is 48.5 Å². The Morgan fingerprint density at radius 3 is 2.10 bits per heavy atom. The second-order valence-electron chi connectivity index (χ2n) is 4.89. The molecule has 3 aromatic rings. The summed E-state index contributed by atoms with van der Waals surface area (Å²) < 4.78 is 4.97. The van der Waals surface area contributed by atoms with E-state index in [1.54, 1.807) is 6.92 Å². The largest absolute Gasteiger partial charge is 0.464 e. The SMILES string of the molecule is CCOC(=O)[C@H](O)c1c2ccccc2cc2ccccc12. The number of fused-ring (bicyclic) bond motifs is 2. The van der Waals surface area contributed by atoms with Crippen LogP contribution in [0.2, 0.25) is 0 Å². The third-order valence-electron chi connectivity index (χ3n) is 3.60. The predicted octanol–water partition coefficient (Wildman–Crippen LogP) is 3.59. The van der Waals surface area contributed by atoms with Crippen LogP contribution < -0.4 is 0 Å². The van der Waals surface area contributed by atoms with Gasteiger partial charge in [-0.3, -0.25) is 0 Å². The Labute approximate surface area is 122 Å². The number of ether oxygens (including phenoxy) is 1. The second-order valence-corrected chi connectivity index (χ2v) is 4.89. The Hall–Kier alpha value is -2.39. The van der Waals surface area contributed by atoms with E-state index in [9.17, 15) is 9.90 Å². The van der Waals surface area contributed by atoms with Crippen LogP contribution in [0.4, 0.5) is 0 Å². The quantitative estimate of drug-likeness (QED) is 0.589. The molecule has 1 N–H and O–H groups in total. The van der Waals surface area contributed by atoms with Crippen molar-refractivity contribution in [1.82, 2.24) is 0 Å². The minimum atomic E-state index is -1.28. The molecule has 3 heteroatoms. The van der Waals surface area contributed by atoms with Gasteiger partial charge in [0, 0.05) is 5.56 Å². The van der Waals surface area contributed by atoms with E-state index in [0.717, 1.165) is 21.5 Å². The molecule has 0 fully saturated rings. The molecular formula is C18H16O3. The van der Waals surface area contributed by atoms with E-state index in [2.05, 4.69) is 6.07 Å².